The van der Waals surface area contributed by atoms with Gasteiger partial charge in [-0.2, -0.15) is 0 Å². The van der Waals surface area contributed by atoms with Gasteiger partial charge in [0, 0.05) is 24.5 Å². The minimum atomic E-state index is -0.785. The van der Waals surface area contributed by atoms with Crippen molar-refractivity contribution in [3.63, 3.8) is 0 Å². The van der Waals surface area contributed by atoms with E-state index in [9.17, 15) is 9.90 Å². The van der Waals surface area contributed by atoms with Gasteiger partial charge in [-0.3, -0.25) is 4.79 Å². The summed E-state index contributed by atoms with van der Waals surface area (Å²) in [5.41, 5.74) is 1.23. The van der Waals surface area contributed by atoms with Gasteiger partial charge in [0.2, 0.25) is 5.91 Å². The van der Waals surface area contributed by atoms with Gasteiger partial charge in [0.05, 0.1) is 12.0 Å². The zero-order valence-corrected chi connectivity index (χ0v) is 13.9. The van der Waals surface area contributed by atoms with Crippen LogP contribution in [0.1, 0.15) is 57.8 Å². The normalized spacial score (nSPS) is 21.0. The Morgan fingerprint density at radius 1 is 1.09 bits per heavy atom. The lowest BCUT2D eigenvalue weighted by Crippen LogP contribution is -2.30. The van der Waals surface area contributed by atoms with E-state index in [1.165, 1.54) is 31.4 Å². The Hall–Kier alpha value is -1.55. The van der Waals surface area contributed by atoms with E-state index in [0.29, 0.717) is 0 Å². The van der Waals surface area contributed by atoms with Gasteiger partial charge < -0.3 is 15.3 Å². The topological polar surface area (TPSA) is 52.6 Å². The number of anilines is 2. The maximum atomic E-state index is 12.2. The van der Waals surface area contributed by atoms with Gasteiger partial charge in [-0.15, -0.1) is 0 Å². The van der Waals surface area contributed by atoms with Crippen molar-refractivity contribution in [1.82, 2.24) is 0 Å². The number of nitrogens with one attached hydrogen (secondary N) is 1. The van der Waals surface area contributed by atoms with Gasteiger partial charge in [-0.05, 0) is 43.9 Å². The SMILES string of the molecule is O=C(CC1(O)CCCC1)Nc1cccc(N2CCCCCC2)c1. The lowest BCUT2D eigenvalue weighted by molar-refractivity contribution is -0.120. The highest BCUT2D eigenvalue weighted by molar-refractivity contribution is 5.91. The van der Waals surface area contributed by atoms with E-state index in [2.05, 4.69) is 22.3 Å². The van der Waals surface area contributed by atoms with E-state index in [1.54, 1.807) is 0 Å². The third-order valence-electron chi connectivity index (χ3n) is 5.13. The first kappa shape index (κ1) is 16.3. The third-order valence-corrected chi connectivity index (χ3v) is 5.13. The first-order valence-corrected chi connectivity index (χ1v) is 9.02. The summed E-state index contributed by atoms with van der Waals surface area (Å²) in [5, 5.41) is 13.3. The van der Waals surface area contributed by atoms with Crippen molar-refractivity contribution in [3.05, 3.63) is 24.3 Å². The minimum absolute atomic E-state index is 0.0811. The summed E-state index contributed by atoms with van der Waals surface area (Å²) in [4.78, 5) is 14.6. The highest BCUT2D eigenvalue weighted by atomic mass is 16.3. The van der Waals surface area contributed by atoms with E-state index in [0.717, 1.165) is 44.5 Å². The lowest BCUT2D eigenvalue weighted by atomic mass is 9.97. The predicted molar refractivity (Wildman–Crippen MR) is 93.8 cm³/mol. The number of rotatable bonds is 4. The molecule has 1 aromatic carbocycles. The fraction of sp³-hybridized carbons (Fsp3) is 0.632. The Kier molecular flexibility index (Phi) is 5.21. The quantitative estimate of drug-likeness (QED) is 0.890. The molecule has 1 aromatic rings. The molecule has 1 aliphatic carbocycles. The summed E-state index contributed by atoms with van der Waals surface area (Å²) < 4.78 is 0. The number of benzene rings is 1. The van der Waals surface area contributed by atoms with Crippen LogP contribution in [0.25, 0.3) is 0 Å². The van der Waals surface area contributed by atoms with Gasteiger partial charge in [0.1, 0.15) is 0 Å². The van der Waals surface area contributed by atoms with E-state index < -0.39 is 5.60 Å². The van der Waals surface area contributed by atoms with E-state index in [-0.39, 0.29) is 12.3 Å². The Labute approximate surface area is 138 Å². The number of hydrogen-bond acceptors (Lipinski definition) is 3. The molecule has 4 nitrogen and oxygen atoms in total. The molecule has 0 aromatic heterocycles. The Morgan fingerprint density at radius 2 is 1.78 bits per heavy atom. The van der Waals surface area contributed by atoms with Crippen LogP contribution in [0.3, 0.4) is 0 Å². The second-order valence-corrected chi connectivity index (χ2v) is 7.11. The Bertz CT molecular complexity index is 530. The fourth-order valence-corrected chi connectivity index (χ4v) is 3.82. The molecule has 4 heteroatoms. The highest BCUT2D eigenvalue weighted by Gasteiger charge is 2.33. The average Bonchev–Trinajstić information content (AvgIpc) is 2.79. The zero-order valence-electron chi connectivity index (χ0n) is 13.9. The van der Waals surface area contributed by atoms with Crippen molar-refractivity contribution in [2.24, 2.45) is 0 Å². The van der Waals surface area contributed by atoms with Crippen LogP contribution in [0.2, 0.25) is 0 Å². The van der Waals surface area contributed by atoms with Gasteiger partial charge in [0.15, 0.2) is 0 Å². The van der Waals surface area contributed by atoms with Crippen LogP contribution in [-0.2, 0) is 4.79 Å². The molecule has 0 bridgehead atoms. The van der Waals surface area contributed by atoms with Crippen LogP contribution < -0.4 is 10.2 Å². The van der Waals surface area contributed by atoms with Crippen LogP contribution in [0.4, 0.5) is 11.4 Å². The molecule has 126 valence electrons. The Morgan fingerprint density at radius 3 is 2.48 bits per heavy atom. The van der Waals surface area contributed by atoms with Crippen LogP contribution in [0, 0.1) is 0 Å². The van der Waals surface area contributed by atoms with Crippen LogP contribution in [0.15, 0.2) is 24.3 Å². The molecule has 1 saturated heterocycles. The molecule has 2 fully saturated rings. The van der Waals surface area contributed by atoms with Crippen molar-refractivity contribution in [2.45, 2.75) is 63.4 Å². The molecular weight excluding hydrogens is 288 g/mol. The second-order valence-electron chi connectivity index (χ2n) is 7.11. The minimum Gasteiger partial charge on any atom is -0.389 e. The first-order valence-electron chi connectivity index (χ1n) is 9.02. The number of amides is 1. The van der Waals surface area contributed by atoms with Gasteiger partial charge in [0.25, 0.3) is 0 Å². The molecule has 3 rings (SSSR count). The molecule has 1 amide bonds. The predicted octanol–water partition coefficient (Wildman–Crippen LogP) is 3.70. The fourth-order valence-electron chi connectivity index (χ4n) is 3.82. The molecule has 0 spiro atoms. The van der Waals surface area contributed by atoms with Gasteiger partial charge in [-0.25, -0.2) is 0 Å². The summed E-state index contributed by atoms with van der Waals surface area (Å²) in [6.45, 7) is 2.19. The number of aliphatic hydroxyl groups is 1. The highest BCUT2D eigenvalue weighted by Crippen LogP contribution is 2.32. The number of nitrogens with zero attached hydrogens (tertiary/aromatic N) is 1. The molecule has 0 radical (unpaired) electrons. The molecule has 1 heterocycles. The van der Waals surface area contributed by atoms with Gasteiger partial charge in [-0.1, -0.05) is 31.7 Å². The van der Waals surface area contributed by atoms with Crippen LogP contribution in [0.5, 0.6) is 0 Å². The smallest absolute Gasteiger partial charge is 0.227 e. The summed E-state index contributed by atoms with van der Waals surface area (Å²) in [6, 6.07) is 8.10. The van der Waals surface area contributed by atoms with Crippen LogP contribution >= 0.6 is 0 Å². The Balaban J connectivity index is 1.61. The zero-order chi connectivity index (χ0) is 16.1. The average molecular weight is 316 g/mol. The molecule has 1 aliphatic heterocycles. The number of carbonyl (C=O) groups excluding carboxylic acids is 1. The maximum Gasteiger partial charge on any atom is 0.227 e. The molecule has 0 unspecified atom stereocenters. The number of carbonyl (C=O) groups is 1. The standard InChI is InChI=1S/C19H28N2O2/c22-18(15-19(23)10-3-4-11-19)20-16-8-7-9-17(14-16)21-12-5-1-2-6-13-21/h7-9,14,23H,1-6,10-13,15H2,(H,20,22). The van der Waals surface area contributed by atoms with Crippen molar-refractivity contribution >= 4 is 17.3 Å². The van der Waals surface area contributed by atoms with Crippen molar-refractivity contribution in [1.29, 1.82) is 0 Å². The first-order chi connectivity index (χ1) is 11.1. The van der Waals surface area contributed by atoms with Gasteiger partial charge >= 0.3 is 0 Å². The summed E-state index contributed by atoms with van der Waals surface area (Å²) in [7, 11) is 0. The second kappa shape index (κ2) is 7.35. The summed E-state index contributed by atoms with van der Waals surface area (Å²) in [5.74, 6) is -0.0811. The molecule has 2 aliphatic rings. The largest absolute Gasteiger partial charge is 0.389 e. The third kappa shape index (κ3) is 4.47. The summed E-state index contributed by atoms with van der Waals surface area (Å²) in [6.07, 6.45) is 8.84. The van der Waals surface area contributed by atoms with Crippen molar-refractivity contribution < 1.29 is 9.90 Å². The molecule has 2 N–H and O–H groups in total. The molecule has 0 atom stereocenters. The monoisotopic (exact) mass is 316 g/mol. The lowest BCUT2D eigenvalue weighted by Gasteiger charge is -2.24. The van der Waals surface area contributed by atoms with E-state index in [1.807, 2.05) is 12.1 Å². The molecular formula is C19H28N2O2. The maximum absolute atomic E-state index is 12.2. The summed E-state index contributed by atoms with van der Waals surface area (Å²) >= 11 is 0. The van der Waals surface area contributed by atoms with Crippen molar-refractivity contribution in [2.75, 3.05) is 23.3 Å². The van der Waals surface area contributed by atoms with E-state index >= 15 is 0 Å². The van der Waals surface area contributed by atoms with Crippen LogP contribution in [-0.4, -0.2) is 29.7 Å². The number of hydrogen-bond donors (Lipinski definition) is 2. The molecule has 23 heavy (non-hydrogen) atoms. The van der Waals surface area contributed by atoms with Crippen molar-refractivity contribution in [3.8, 4) is 0 Å². The molecule has 1 saturated carbocycles. The van der Waals surface area contributed by atoms with E-state index in [4.69, 9.17) is 0 Å².